The zero-order valence-electron chi connectivity index (χ0n) is 12.4. The Morgan fingerprint density at radius 3 is 2.09 bits per heavy atom. The Labute approximate surface area is 132 Å². The Hall–Kier alpha value is -2.33. The first-order valence-corrected chi connectivity index (χ1v) is 7.39. The number of benzene rings is 3. The fourth-order valence-corrected chi connectivity index (χ4v) is 2.84. The molecular weight excluding hydrogens is 299 g/mol. The first kappa shape index (κ1) is 15.6. The highest BCUT2D eigenvalue weighted by atomic mass is 19.4. The molecule has 3 aromatic carbocycles. The summed E-state index contributed by atoms with van der Waals surface area (Å²) in [4.78, 5) is 0. The summed E-state index contributed by atoms with van der Waals surface area (Å²) < 4.78 is 38.1. The van der Waals surface area contributed by atoms with Crippen molar-refractivity contribution in [3.05, 3.63) is 71.8 Å². The number of rotatable bonds is 3. The highest BCUT2D eigenvalue weighted by molar-refractivity contribution is 5.98. The van der Waals surface area contributed by atoms with Gasteiger partial charge in [0.15, 0.2) is 0 Å². The Kier molecular flexibility index (Phi) is 4.09. The zero-order chi connectivity index (χ0) is 16.4. The van der Waals surface area contributed by atoms with Crippen LogP contribution in [0.2, 0.25) is 0 Å². The van der Waals surface area contributed by atoms with Crippen LogP contribution in [-0.4, -0.2) is 6.54 Å². The van der Waals surface area contributed by atoms with Crippen LogP contribution in [0, 0.1) is 0 Å². The lowest BCUT2D eigenvalue weighted by Gasteiger charge is -2.12. The van der Waals surface area contributed by atoms with E-state index in [1.165, 1.54) is 12.1 Å². The molecule has 0 aliphatic heterocycles. The van der Waals surface area contributed by atoms with Crippen LogP contribution in [-0.2, 0) is 12.6 Å². The van der Waals surface area contributed by atoms with Gasteiger partial charge in [-0.2, -0.15) is 13.2 Å². The molecule has 3 rings (SSSR count). The molecule has 3 aromatic rings. The van der Waals surface area contributed by atoms with Gasteiger partial charge in [-0.05, 0) is 52.6 Å². The quantitative estimate of drug-likeness (QED) is 0.721. The Bertz CT molecular complexity index is 820. The van der Waals surface area contributed by atoms with Gasteiger partial charge >= 0.3 is 6.18 Å². The minimum Gasteiger partial charge on any atom is -0.330 e. The van der Waals surface area contributed by atoms with E-state index in [-0.39, 0.29) is 0 Å². The predicted molar refractivity (Wildman–Crippen MR) is 87.1 cm³/mol. The van der Waals surface area contributed by atoms with Crippen molar-refractivity contribution in [2.75, 3.05) is 6.54 Å². The van der Waals surface area contributed by atoms with Crippen LogP contribution in [0.4, 0.5) is 13.2 Å². The van der Waals surface area contributed by atoms with Gasteiger partial charge in [-0.1, -0.05) is 48.5 Å². The number of nitrogens with two attached hydrogens (primary N) is 1. The molecule has 0 atom stereocenters. The topological polar surface area (TPSA) is 26.0 Å². The van der Waals surface area contributed by atoms with Crippen molar-refractivity contribution < 1.29 is 13.2 Å². The monoisotopic (exact) mass is 315 g/mol. The molecule has 23 heavy (non-hydrogen) atoms. The second-order valence-electron chi connectivity index (χ2n) is 5.43. The van der Waals surface area contributed by atoms with Crippen LogP contribution >= 0.6 is 0 Å². The second kappa shape index (κ2) is 6.05. The van der Waals surface area contributed by atoms with Gasteiger partial charge in [-0.15, -0.1) is 0 Å². The van der Waals surface area contributed by atoms with Crippen molar-refractivity contribution in [3.63, 3.8) is 0 Å². The standard InChI is InChI=1S/C19H16F3N/c20-19(21,22)15-9-7-14(8-10-15)17-5-2-4-16-13(11-12-23)3-1-6-18(16)17/h1-10H,11-12,23H2. The Morgan fingerprint density at radius 2 is 1.43 bits per heavy atom. The molecule has 4 heteroatoms. The van der Waals surface area contributed by atoms with E-state index in [2.05, 4.69) is 0 Å². The summed E-state index contributed by atoms with van der Waals surface area (Å²) in [6, 6.07) is 17.1. The van der Waals surface area contributed by atoms with Gasteiger partial charge in [0.05, 0.1) is 5.56 Å². The first-order chi connectivity index (χ1) is 11.0. The highest BCUT2D eigenvalue weighted by Crippen LogP contribution is 2.34. The predicted octanol–water partition coefficient (Wildman–Crippen LogP) is 5.03. The van der Waals surface area contributed by atoms with E-state index in [0.717, 1.165) is 46.0 Å². The summed E-state index contributed by atoms with van der Waals surface area (Å²) >= 11 is 0. The van der Waals surface area contributed by atoms with Gasteiger partial charge in [-0.3, -0.25) is 0 Å². The van der Waals surface area contributed by atoms with Crippen molar-refractivity contribution in [2.24, 2.45) is 5.73 Å². The van der Waals surface area contributed by atoms with Gasteiger partial charge in [-0.25, -0.2) is 0 Å². The lowest BCUT2D eigenvalue weighted by Crippen LogP contribution is -2.04. The maximum Gasteiger partial charge on any atom is 0.416 e. The lowest BCUT2D eigenvalue weighted by atomic mass is 9.94. The number of hydrogen-bond acceptors (Lipinski definition) is 1. The third kappa shape index (κ3) is 3.08. The maximum atomic E-state index is 12.7. The summed E-state index contributed by atoms with van der Waals surface area (Å²) in [7, 11) is 0. The van der Waals surface area contributed by atoms with Crippen LogP contribution in [0.25, 0.3) is 21.9 Å². The van der Waals surface area contributed by atoms with E-state index >= 15 is 0 Å². The first-order valence-electron chi connectivity index (χ1n) is 7.39. The summed E-state index contributed by atoms with van der Waals surface area (Å²) in [5, 5.41) is 2.12. The van der Waals surface area contributed by atoms with Crippen molar-refractivity contribution in [1.82, 2.24) is 0 Å². The average Bonchev–Trinajstić information content (AvgIpc) is 2.54. The van der Waals surface area contributed by atoms with Crippen LogP contribution < -0.4 is 5.73 Å². The third-order valence-corrected chi connectivity index (χ3v) is 3.95. The van der Waals surface area contributed by atoms with E-state index in [9.17, 15) is 13.2 Å². The minimum atomic E-state index is -4.31. The van der Waals surface area contributed by atoms with Gasteiger partial charge in [0.2, 0.25) is 0 Å². The molecule has 0 heterocycles. The molecule has 0 bridgehead atoms. The van der Waals surface area contributed by atoms with Gasteiger partial charge in [0, 0.05) is 0 Å². The fraction of sp³-hybridized carbons (Fsp3) is 0.158. The normalized spacial score (nSPS) is 11.8. The molecule has 0 fully saturated rings. The van der Waals surface area contributed by atoms with Crippen LogP contribution in [0.3, 0.4) is 0 Å². The van der Waals surface area contributed by atoms with Crippen LogP contribution in [0.1, 0.15) is 11.1 Å². The van der Waals surface area contributed by atoms with Crippen LogP contribution in [0.15, 0.2) is 60.7 Å². The third-order valence-electron chi connectivity index (χ3n) is 3.95. The molecule has 1 nitrogen and oxygen atoms in total. The number of fused-ring (bicyclic) bond motifs is 1. The van der Waals surface area contributed by atoms with Gasteiger partial charge < -0.3 is 5.73 Å². The SMILES string of the molecule is NCCc1cccc2c(-c3ccc(C(F)(F)F)cc3)cccc12. The summed E-state index contributed by atoms with van der Waals surface area (Å²) in [6.07, 6.45) is -3.54. The Morgan fingerprint density at radius 1 is 0.783 bits per heavy atom. The number of halogens is 3. The van der Waals surface area contributed by atoms with Gasteiger partial charge in [0.1, 0.15) is 0 Å². The lowest BCUT2D eigenvalue weighted by molar-refractivity contribution is -0.137. The van der Waals surface area contributed by atoms with Gasteiger partial charge in [0.25, 0.3) is 0 Å². The van der Waals surface area contributed by atoms with Crippen molar-refractivity contribution >= 4 is 10.8 Å². The fourth-order valence-electron chi connectivity index (χ4n) is 2.84. The molecule has 0 aromatic heterocycles. The maximum absolute atomic E-state index is 12.7. The van der Waals surface area contributed by atoms with Crippen LogP contribution in [0.5, 0.6) is 0 Å². The van der Waals surface area contributed by atoms with E-state index in [1.54, 1.807) is 0 Å². The molecule has 0 saturated carbocycles. The van der Waals surface area contributed by atoms with E-state index < -0.39 is 11.7 Å². The summed E-state index contributed by atoms with van der Waals surface area (Å²) in [5.74, 6) is 0. The summed E-state index contributed by atoms with van der Waals surface area (Å²) in [6.45, 7) is 0.559. The largest absolute Gasteiger partial charge is 0.416 e. The molecule has 0 amide bonds. The van der Waals surface area contributed by atoms with E-state index in [0.29, 0.717) is 6.54 Å². The smallest absolute Gasteiger partial charge is 0.330 e. The molecule has 2 N–H and O–H groups in total. The molecular formula is C19H16F3N. The Balaban J connectivity index is 2.11. The molecule has 0 aliphatic rings. The van der Waals surface area contributed by atoms with Crippen molar-refractivity contribution in [2.45, 2.75) is 12.6 Å². The molecule has 0 spiro atoms. The van der Waals surface area contributed by atoms with E-state index in [4.69, 9.17) is 5.73 Å². The molecule has 0 aliphatic carbocycles. The average molecular weight is 315 g/mol. The molecule has 0 saturated heterocycles. The van der Waals surface area contributed by atoms with E-state index in [1.807, 2.05) is 36.4 Å². The van der Waals surface area contributed by atoms with Crippen molar-refractivity contribution in [1.29, 1.82) is 0 Å². The minimum absolute atomic E-state index is 0.559. The molecule has 118 valence electrons. The zero-order valence-corrected chi connectivity index (χ0v) is 12.4. The summed E-state index contributed by atoms with van der Waals surface area (Å²) in [5.41, 5.74) is 7.87. The highest BCUT2D eigenvalue weighted by Gasteiger charge is 2.30. The molecule has 0 unspecified atom stereocenters. The number of hydrogen-bond donors (Lipinski definition) is 1. The molecule has 0 radical (unpaired) electrons. The number of alkyl halides is 3. The van der Waals surface area contributed by atoms with Crippen molar-refractivity contribution in [3.8, 4) is 11.1 Å². The second-order valence-corrected chi connectivity index (χ2v) is 5.43.